The van der Waals surface area contributed by atoms with E-state index >= 15 is 0 Å². The van der Waals surface area contributed by atoms with Crippen LogP contribution in [-0.2, 0) is 14.3 Å². The van der Waals surface area contributed by atoms with Gasteiger partial charge in [-0.2, -0.15) is 0 Å². The van der Waals surface area contributed by atoms with Gasteiger partial charge in [-0.25, -0.2) is 4.79 Å². The molecule has 1 fully saturated rings. The van der Waals surface area contributed by atoms with Crippen LogP contribution in [0.4, 0.5) is 0 Å². The summed E-state index contributed by atoms with van der Waals surface area (Å²) in [5.74, 6) is -1.48. The molecular formula is C11H20O4. The van der Waals surface area contributed by atoms with Gasteiger partial charge in [-0.1, -0.05) is 20.8 Å². The Morgan fingerprint density at radius 2 is 1.73 bits per heavy atom. The number of cyclic esters (lactones) is 1. The van der Waals surface area contributed by atoms with Crippen LogP contribution in [0, 0.1) is 5.41 Å². The van der Waals surface area contributed by atoms with Crippen molar-refractivity contribution in [3.63, 3.8) is 0 Å². The SMILES string of the molecule is CC(C)(O)[C@@H]1O[C@@](C)(C(C)(C)C)OC1=O. The van der Waals surface area contributed by atoms with Crippen LogP contribution < -0.4 is 0 Å². The van der Waals surface area contributed by atoms with Gasteiger partial charge in [-0.3, -0.25) is 0 Å². The van der Waals surface area contributed by atoms with Gasteiger partial charge < -0.3 is 14.6 Å². The summed E-state index contributed by atoms with van der Waals surface area (Å²) in [6, 6.07) is 0. The molecular weight excluding hydrogens is 196 g/mol. The van der Waals surface area contributed by atoms with Gasteiger partial charge in [-0.15, -0.1) is 0 Å². The van der Waals surface area contributed by atoms with Crippen molar-refractivity contribution < 1.29 is 19.4 Å². The Morgan fingerprint density at radius 3 is 1.93 bits per heavy atom. The van der Waals surface area contributed by atoms with Crippen molar-refractivity contribution in [2.45, 2.75) is 59.0 Å². The lowest BCUT2D eigenvalue weighted by molar-refractivity contribution is -0.230. The van der Waals surface area contributed by atoms with Crippen LogP contribution in [0.2, 0.25) is 0 Å². The molecule has 0 aliphatic carbocycles. The molecule has 0 amide bonds. The molecule has 2 atom stereocenters. The van der Waals surface area contributed by atoms with Gasteiger partial charge in [-0.05, 0) is 13.8 Å². The molecule has 1 aliphatic rings. The third-order valence-corrected chi connectivity index (χ3v) is 2.86. The monoisotopic (exact) mass is 216 g/mol. The molecule has 0 saturated carbocycles. The molecule has 0 spiro atoms. The van der Waals surface area contributed by atoms with Crippen LogP contribution in [0.1, 0.15) is 41.5 Å². The van der Waals surface area contributed by atoms with Gasteiger partial charge in [0, 0.05) is 12.3 Å². The number of rotatable bonds is 1. The predicted molar refractivity (Wildman–Crippen MR) is 55.1 cm³/mol. The number of carbonyl (C=O) groups excluding carboxylic acids is 1. The highest BCUT2D eigenvalue weighted by molar-refractivity contribution is 5.78. The third kappa shape index (κ3) is 2.16. The van der Waals surface area contributed by atoms with Gasteiger partial charge in [0.15, 0.2) is 6.10 Å². The fourth-order valence-corrected chi connectivity index (χ4v) is 1.31. The number of esters is 1. The third-order valence-electron chi connectivity index (χ3n) is 2.86. The second-order valence-electron chi connectivity index (χ2n) is 5.77. The molecule has 1 saturated heterocycles. The molecule has 0 aromatic carbocycles. The van der Waals surface area contributed by atoms with Crippen molar-refractivity contribution in [1.29, 1.82) is 0 Å². The Labute approximate surface area is 90.6 Å². The molecule has 15 heavy (non-hydrogen) atoms. The van der Waals surface area contributed by atoms with Crippen LogP contribution in [0.5, 0.6) is 0 Å². The number of hydrogen-bond donors (Lipinski definition) is 1. The first-order chi connectivity index (χ1) is 6.47. The van der Waals surface area contributed by atoms with E-state index in [4.69, 9.17) is 9.47 Å². The van der Waals surface area contributed by atoms with E-state index in [9.17, 15) is 9.90 Å². The smallest absolute Gasteiger partial charge is 0.340 e. The largest absolute Gasteiger partial charge is 0.431 e. The Morgan fingerprint density at radius 1 is 1.27 bits per heavy atom. The van der Waals surface area contributed by atoms with Gasteiger partial charge in [0.05, 0.1) is 5.60 Å². The maximum Gasteiger partial charge on any atom is 0.340 e. The number of ether oxygens (including phenoxy) is 2. The van der Waals surface area contributed by atoms with Crippen molar-refractivity contribution in [3.05, 3.63) is 0 Å². The summed E-state index contributed by atoms with van der Waals surface area (Å²) in [4.78, 5) is 11.6. The fraction of sp³-hybridized carbons (Fsp3) is 0.909. The zero-order chi connectivity index (χ0) is 12.1. The molecule has 0 radical (unpaired) electrons. The maximum absolute atomic E-state index is 11.6. The maximum atomic E-state index is 11.6. The summed E-state index contributed by atoms with van der Waals surface area (Å²) in [5.41, 5.74) is -1.55. The van der Waals surface area contributed by atoms with Crippen LogP contribution in [-0.4, -0.2) is 28.6 Å². The first-order valence-electron chi connectivity index (χ1n) is 5.10. The van der Waals surface area contributed by atoms with E-state index in [-0.39, 0.29) is 5.41 Å². The van der Waals surface area contributed by atoms with E-state index in [0.717, 1.165) is 0 Å². The molecule has 0 unspecified atom stereocenters. The fourth-order valence-electron chi connectivity index (χ4n) is 1.31. The van der Waals surface area contributed by atoms with Crippen LogP contribution in [0.25, 0.3) is 0 Å². The van der Waals surface area contributed by atoms with Gasteiger partial charge >= 0.3 is 5.97 Å². The Kier molecular flexibility index (Phi) is 2.65. The zero-order valence-corrected chi connectivity index (χ0v) is 10.2. The van der Waals surface area contributed by atoms with E-state index in [1.807, 2.05) is 20.8 Å². The lowest BCUT2D eigenvalue weighted by Crippen LogP contribution is -2.45. The topological polar surface area (TPSA) is 55.8 Å². The minimum atomic E-state index is -1.22. The Bertz CT molecular complexity index is 271. The van der Waals surface area contributed by atoms with E-state index < -0.39 is 23.5 Å². The van der Waals surface area contributed by atoms with E-state index in [0.29, 0.717) is 0 Å². The summed E-state index contributed by atoms with van der Waals surface area (Å²) in [6.45, 7) is 10.6. The second-order valence-corrected chi connectivity index (χ2v) is 5.77. The van der Waals surface area contributed by atoms with Crippen LogP contribution in [0.15, 0.2) is 0 Å². The molecule has 0 aromatic heterocycles. The van der Waals surface area contributed by atoms with Crippen molar-refractivity contribution in [3.8, 4) is 0 Å². The Balaban J connectivity index is 2.94. The van der Waals surface area contributed by atoms with Crippen molar-refractivity contribution in [1.82, 2.24) is 0 Å². The highest BCUT2D eigenvalue weighted by Crippen LogP contribution is 2.42. The molecule has 88 valence electrons. The van der Waals surface area contributed by atoms with E-state index in [2.05, 4.69) is 0 Å². The van der Waals surface area contributed by atoms with Crippen LogP contribution in [0.3, 0.4) is 0 Å². The molecule has 0 aromatic rings. The highest BCUT2D eigenvalue weighted by Gasteiger charge is 2.55. The van der Waals surface area contributed by atoms with Crippen LogP contribution >= 0.6 is 0 Å². The van der Waals surface area contributed by atoms with Crippen molar-refractivity contribution in [2.24, 2.45) is 5.41 Å². The number of carbonyl (C=O) groups is 1. The minimum absolute atomic E-state index is 0.331. The highest BCUT2D eigenvalue weighted by atomic mass is 16.8. The first kappa shape index (κ1) is 12.5. The lowest BCUT2D eigenvalue weighted by atomic mass is 9.86. The molecule has 1 N–H and O–H groups in total. The van der Waals surface area contributed by atoms with E-state index in [1.165, 1.54) is 13.8 Å². The summed E-state index contributed by atoms with van der Waals surface area (Å²) in [5, 5.41) is 9.76. The zero-order valence-electron chi connectivity index (χ0n) is 10.2. The standard InChI is InChI=1S/C11H20O4/c1-9(2,3)11(6)14-7(8(12)15-11)10(4,5)13/h7,13H,1-6H3/t7-,11-/m1/s1. The molecule has 4 heteroatoms. The van der Waals surface area contributed by atoms with Gasteiger partial charge in [0.25, 0.3) is 0 Å². The van der Waals surface area contributed by atoms with Gasteiger partial charge in [0.2, 0.25) is 5.79 Å². The molecule has 1 heterocycles. The molecule has 1 aliphatic heterocycles. The average molecular weight is 216 g/mol. The molecule has 0 bridgehead atoms. The van der Waals surface area contributed by atoms with E-state index in [1.54, 1.807) is 6.92 Å². The molecule has 4 nitrogen and oxygen atoms in total. The number of hydrogen-bond acceptors (Lipinski definition) is 4. The Hall–Kier alpha value is -0.610. The predicted octanol–water partition coefficient (Wildman–Crippen LogP) is 1.46. The minimum Gasteiger partial charge on any atom is -0.431 e. The summed E-state index contributed by atoms with van der Waals surface area (Å²) in [6.07, 6.45) is -0.915. The normalized spacial score (nSPS) is 33.0. The first-order valence-corrected chi connectivity index (χ1v) is 5.10. The quantitative estimate of drug-likeness (QED) is 0.674. The summed E-state index contributed by atoms with van der Waals surface area (Å²) >= 11 is 0. The summed E-state index contributed by atoms with van der Waals surface area (Å²) < 4.78 is 10.8. The summed E-state index contributed by atoms with van der Waals surface area (Å²) in [7, 11) is 0. The average Bonchev–Trinajstić information content (AvgIpc) is 2.24. The van der Waals surface area contributed by atoms with Gasteiger partial charge in [0.1, 0.15) is 0 Å². The number of aliphatic hydroxyl groups is 1. The second kappa shape index (κ2) is 3.19. The van der Waals surface area contributed by atoms with Crippen molar-refractivity contribution >= 4 is 5.97 Å². The molecule has 1 rings (SSSR count). The lowest BCUT2D eigenvalue weighted by Gasteiger charge is -2.36. The van der Waals surface area contributed by atoms with Crippen molar-refractivity contribution in [2.75, 3.05) is 0 Å².